The Hall–Kier alpha value is -3.23. The molecule has 1 saturated heterocycles. The van der Waals surface area contributed by atoms with E-state index in [1.165, 1.54) is 0 Å². The molecule has 1 aromatic heterocycles. The van der Waals surface area contributed by atoms with Crippen molar-refractivity contribution >= 4 is 23.1 Å². The second-order valence-corrected chi connectivity index (χ2v) is 12.4. The van der Waals surface area contributed by atoms with Gasteiger partial charge in [-0.1, -0.05) is 29.8 Å². The van der Waals surface area contributed by atoms with Crippen LogP contribution in [-0.4, -0.2) is 84.4 Å². The van der Waals surface area contributed by atoms with Gasteiger partial charge in [-0.3, -0.25) is 0 Å². The van der Waals surface area contributed by atoms with Gasteiger partial charge in [-0.25, -0.2) is 0 Å². The number of halogens is 4. The SMILES string of the molecule is CC=CN1CCN(c2nc(OCC3(N(C)C)CCC(C(F)(F)F)C3)nc3c2CCN(c2ccccc2Cl)C3)C[C@@H]1CC#N. The first-order chi connectivity index (χ1) is 20.5. The van der Waals surface area contributed by atoms with Gasteiger partial charge in [-0.05, 0) is 65.0 Å². The second kappa shape index (κ2) is 12.8. The van der Waals surface area contributed by atoms with Crippen LogP contribution >= 0.6 is 11.6 Å². The quantitative estimate of drug-likeness (QED) is 0.375. The number of alkyl halides is 3. The Morgan fingerprint density at radius 2 is 1.98 bits per heavy atom. The maximum absolute atomic E-state index is 13.6. The molecule has 0 spiro atoms. The third-order valence-electron chi connectivity index (χ3n) is 9.18. The fraction of sp³-hybridized carbons (Fsp3) is 0.581. The number of allylic oxidation sites excluding steroid dienone is 1. The summed E-state index contributed by atoms with van der Waals surface area (Å²) >= 11 is 6.54. The summed E-state index contributed by atoms with van der Waals surface area (Å²) in [5, 5.41) is 10.2. The van der Waals surface area contributed by atoms with Crippen molar-refractivity contribution in [1.82, 2.24) is 19.8 Å². The van der Waals surface area contributed by atoms with Crippen molar-refractivity contribution in [3.05, 3.63) is 52.8 Å². The van der Waals surface area contributed by atoms with Crippen molar-refractivity contribution in [1.29, 1.82) is 5.26 Å². The lowest BCUT2D eigenvalue weighted by molar-refractivity contribution is -0.175. The minimum absolute atomic E-state index is 0.00273. The number of nitriles is 1. The van der Waals surface area contributed by atoms with Gasteiger partial charge in [0.05, 0.1) is 52.9 Å². The Morgan fingerprint density at radius 1 is 1.19 bits per heavy atom. The number of piperazine rings is 1. The van der Waals surface area contributed by atoms with Crippen LogP contribution in [0.25, 0.3) is 0 Å². The molecule has 2 aliphatic heterocycles. The Kier molecular flexibility index (Phi) is 9.28. The number of para-hydroxylation sites is 1. The van der Waals surface area contributed by atoms with Gasteiger partial charge in [0, 0.05) is 31.7 Å². The minimum Gasteiger partial charge on any atom is -0.461 e. The number of hydrogen-bond acceptors (Lipinski definition) is 8. The monoisotopic (exact) mass is 617 g/mol. The third kappa shape index (κ3) is 6.65. The number of nitrogens with zero attached hydrogens (tertiary/aromatic N) is 7. The molecule has 2 fully saturated rings. The van der Waals surface area contributed by atoms with Crippen molar-refractivity contribution in [2.24, 2.45) is 5.92 Å². The van der Waals surface area contributed by atoms with Crippen molar-refractivity contribution < 1.29 is 17.9 Å². The molecule has 2 aromatic rings. The molecule has 1 aromatic carbocycles. The van der Waals surface area contributed by atoms with Gasteiger partial charge >= 0.3 is 12.2 Å². The highest BCUT2D eigenvalue weighted by molar-refractivity contribution is 6.33. The molecule has 5 rings (SSSR count). The lowest BCUT2D eigenvalue weighted by atomic mass is 9.95. The number of ether oxygens (including phenoxy) is 1. The zero-order valence-electron chi connectivity index (χ0n) is 24.9. The van der Waals surface area contributed by atoms with E-state index in [0.717, 1.165) is 35.9 Å². The number of fused-ring (bicyclic) bond motifs is 1. The maximum atomic E-state index is 13.6. The lowest BCUT2D eigenvalue weighted by Gasteiger charge is -2.42. The van der Waals surface area contributed by atoms with E-state index in [1.54, 1.807) is 0 Å². The summed E-state index contributed by atoms with van der Waals surface area (Å²) in [7, 11) is 3.62. The van der Waals surface area contributed by atoms with Gasteiger partial charge in [-0.15, -0.1) is 0 Å². The molecule has 3 atom stereocenters. The Bertz CT molecular complexity index is 1360. The predicted molar refractivity (Wildman–Crippen MR) is 161 cm³/mol. The fourth-order valence-corrected chi connectivity index (χ4v) is 6.87. The molecule has 43 heavy (non-hydrogen) atoms. The van der Waals surface area contributed by atoms with Gasteiger partial charge in [0.15, 0.2) is 0 Å². The van der Waals surface area contributed by atoms with E-state index >= 15 is 0 Å². The van der Waals surface area contributed by atoms with Crippen LogP contribution in [0.3, 0.4) is 0 Å². The summed E-state index contributed by atoms with van der Waals surface area (Å²) in [5.74, 6) is -0.575. The summed E-state index contributed by atoms with van der Waals surface area (Å²) in [4.78, 5) is 18.2. The van der Waals surface area contributed by atoms with Gasteiger partial charge in [0.2, 0.25) is 0 Å². The van der Waals surface area contributed by atoms with E-state index < -0.39 is 17.6 Å². The minimum atomic E-state index is -4.23. The molecule has 2 unspecified atom stereocenters. The molecule has 0 radical (unpaired) electrons. The number of anilines is 2. The molecule has 232 valence electrons. The number of benzene rings is 1. The zero-order valence-corrected chi connectivity index (χ0v) is 25.7. The molecule has 1 saturated carbocycles. The first-order valence-corrected chi connectivity index (χ1v) is 15.2. The molecule has 3 heterocycles. The van der Waals surface area contributed by atoms with E-state index in [4.69, 9.17) is 26.3 Å². The molecule has 8 nitrogen and oxygen atoms in total. The zero-order chi connectivity index (χ0) is 30.8. The van der Waals surface area contributed by atoms with E-state index in [2.05, 4.69) is 20.8 Å². The third-order valence-corrected chi connectivity index (χ3v) is 9.50. The Labute approximate surface area is 256 Å². The average molecular weight is 618 g/mol. The van der Waals surface area contributed by atoms with Crippen LogP contribution in [0, 0.1) is 17.2 Å². The van der Waals surface area contributed by atoms with Crippen LogP contribution in [-0.2, 0) is 13.0 Å². The summed E-state index contributed by atoms with van der Waals surface area (Å²) in [5.41, 5.74) is 2.00. The van der Waals surface area contributed by atoms with Crippen molar-refractivity contribution in [2.45, 2.75) is 63.3 Å². The molecular formula is C31H39ClF3N7O. The molecule has 3 aliphatic rings. The summed E-state index contributed by atoms with van der Waals surface area (Å²) < 4.78 is 47.1. The highest BCUT2D eigenvalue weighted by Crippen LogP contribution is 2.46. The van der Waals surface area contributed by atoms with Gasteiger partial charge in [0.1, 0.15) is 12.4 Å². The van der Waals surface area contributed by atoms with E-state index in [-0.39, 0.29) is 31.5 Å². The van der Waals surface area contributed by atoms with E-state index in [1.807, 2.05) is 62.5 Å². The summed E-state index contributed by atoms with van der Waals surface area (Å²) in [6, 6.07) is 10.2. The van der Waals surface area contributed by atoms with Crippen LogP contribution in [0.5, 0.6) is 6.01 Å². The van der Waals surface area contributed by atoms with Crippen LogP contribution in [0.15, 0.2) is 36.5 Å². The normalized spacial score (nSPS) is 24.5. The van der Waals surface area contributed by atoms with Gasteiger partial charge in [0.25, 0.3) is 0 Å². The summed E-state index contributed by atoms with van der Waals surface area (Å²) in [6.45, 7) is 5.32. The Balaban J connectivity index is 1.46. The molecular weight excluding hydrogens is 579 g/mol. The first kappa shape index (κ1) is 31.2. The van der Waals surface area contributed by atoms with Crippen LogP contribution < -0.4 is 14.5 Å². The molecule has 1 aliphatic carbocycles. The molecule has 0 amide bonds. The van der Waals surface area contributed by atoms with E-state index in [0.29, 0.717) is 43.9 Å². The number of likely N-dealkylation sites (N-methyl/N-ethyl adjacent to an activating group) is 1. The Morgan fingerprint density at radius 3 is 2.65 bits per heavy atom. The van der Waals surface area contributed by atoms with Crippen molar-refractivity contribution in [2.75, 3.05) is 56.7 Å². The lowest BCUT2D eigenvalue weighted by Crippen LogP contribution is -2.51. The second-order valence-electron chi connectivity index (χ2n) is 11.9. The topological polar surface area (TPSA) is 71.8 Å². The molecule has 0 bridgehead atoms. The van der Waals surface area contributed by atoms with Crippen LogP contribution in [0.4, 0.5) is 24.7 Å². The van der Waals surface area contributed by atoms with Crippen LogP contribution in [0.1, 0.15) is 43.9 Å². The van der Waals surface area contributed by atoms with Crippen LogP contribution in [0.2, 0.25) is 5.02 Å². The van der Waals surface area contributed by atoms with Crippen molar-refractivity contribution in [3.63, 3.8) is 0 Å². The van der Waals surface area contributed by atoms with Gasteiger partial charge in [-0.2, -0.15) is 28.4 Å². The number of rotatable bonds is 8. The highest BCUT2D eigenvalue weighted by Gasteiger charge is 2.52. The highest BCUT2D eigenvalue weighted by atomic mass is 35.5. The number of hydrogen-bond donors (Lipinski definition) is 0. The largest absolute Gasteiger partial charge is 0.461 e. The average Bonchev–Trinajstić information content (AvgIpc) is 3.44. The van der Waals surface area contributed by atoms with E-state index in [9.17, 15) is 18.4 Å². The van der Waals surface area contributed by atoms with Gasteiger partial charge < -0.3 is 24.3 Å². The predicted octanol–water partition coefficient (Wildman–Crippen LogP) is 5.67. The summed E-state index contributed by atoms with van der Waals surface area (Å²) in [6.07, 6.45) is 1.29. The smallest absolute Gasteiger partial charge is 0.391 e. The van der Waals surface area contributed by atoms with Crippen molar-refractivity contribution in [3.8, 4) is 12.1 Å². The maximum Gasteiger partial charge on any atom is 0.391 e. The first-order valence-electron chi connectivity index (χ1n) is 14.8. The molecule has 12 heteroatoms. The molecule has 0 N–H and O–H groups in total. The fourth-order valence-electron chi connectivity index (χ4n) is 6.62. The standard InChI is InChI=1S/C31H39ClF3N7O/c1-4-14-40-16-17-42(19-23(40)10-13-36)28-24-11-15-41(27-8-6-5-7-25(27)32)20-26(24)37-29(38-28)43-21-30(39(2)3)12-9-22(18-30)31(33,34)35/h4-8,14,22-23H,9-12,15-21H2,1-3H3/t22?,23-,30?/m0/s1. The number of aromatic nitrogens is 2.